The zero-order valence-electron chi connectivity index (χ0n) is 11.7. The highest BCUT2D eigenvalue weighted by molar-refractivity contribution is 9.10. The van der Waals surface area contributed by atoms with E-state index in [1.807, 2.05) is 31.2 Å². The van der Waals surface area contributed by atoms with Crippen molar-refractivity contribution in [2.24, 2.45) is 0 Å². The van der Waals surface area contributed by atoms with E-state index in [9.17, 15) is 0 Å². The molecule has 2 nitrogen and oxygen atoms in total. The highest BCUT2D eigenvalue weighted by Gasteiger charge is 2.14. The van der Waals surface area contributed by atoms with Crippen LogP contribution in [-0.4, -0.2) is 4.98 Å². The average molecular weight is 320 g/mol. The first-order valence-corrected chi connectivity index (χ1v) is 7.07. The molecule has 100 valence electrons. The van der Waals surface area contributed by atoms with E-state index in [-0.39, 0.29) is 5.41 Å². The summed E-state index contributed by atoms with van der Waals surface area (Å²) in [4.78, 5) is 4.39. The van der Waals surface area contributed by atoms with Crippen molar-refractivity contribution in [3.8, 4) is 11.6 Å². The van der Waals surface area contributed by atoms with Crippen LogP contribution < -0.4 is 4.74 Å². The Morgan fingerprint density at radius 3 is 2.47 bits per heavy atom. The SMILES string of the molecule is Cc1nc(Oc2cccc(C(C)(C)C)c2)ccc1Br. The molecule has 3 heteroatoms. The number of pyridine rings is 1. The third kappa shape index (κ3) is 3.57. The lowest BCUT2D eigenvalue weighted by Crippen LogP contribution is -2.10. The van der Waals surface area contributed by atoms with Crippen LogP contribution >= 0.6 is 15.9 Å². The molecule has 1 heterocycles. The van der Waals surface area contributed by atoms with E-state index in [4.69, 9.17) is 4.74 Å². The van der Waals surface area contributed by atoms with Crippen molar-refractivity contribution < 1.29 is 4.74 Å². The van der Waals surface area contributed by atoms with Gasteiger partial charge in [-0.15, -0.1) is 0 Å². The molecule has 0 saturated carbocycles. The number of aryl methyl sites for hydroxylation is 1. The Balaban J connectivity index is 2.26. The predicted octanol–water partition coefficient (Wildman–Crippen LogP) is 5.24. The van der Waals surface area contributed by atoms with Gasteiger partial charge in [0.2, 0.25) is 5.88 Å². The van der Waals surface area contributed by atoms with Gasteiger partial charge in [-0.1, -0.05) is 32.9 Å². The lowest BCUT2D eigenvalue weighted by atomic mass is 9.87. The Bertz CT molecular complexity index is 588. The number of halogens is 1. The average Bonchev–Trinajstić information content (AvgIpc) is 2.33. The van der Waals surface area contributed by atoms with Crippen LogP contribution in [0.1, 0.15) is 32.0 Å². The minimum atomic E-state index is 0.114. The molecule has 0 fully saturated rings. The van der Waals surface area contributed by atoms with Crippen molar-refractivity contribution in [3.63, 3.8) is 0 Å². The standard InChI is InChI=1S/C16H18BrNO/c1-11-14(17)8-9-15(18-11)19-13-7-5-6-12(10-13)16(2,3)4/h5-10H,1-4H3. The molecule has 0 N–H and O–H groups in total. The van der Waals surface area contributed by atoms with Crippen LogP contribution in [0.25, 0.3) is 0 Å². The van der Waals surface area contributed by atoms with Gasteiger partial charge >= 0.3 is 0 Å². The number of aromatic nitrogens is 1. The summed E-state index contributed by atoms with van der Waals surface area (Å²) < 4.78 is 6.81. The van der Waals surface area contributed by atoms with Gasteiger partial charge in [-0.2, -0.15) is 0 Å². The van der Waals surface area contributed by atoms with Crippen LogP contribution in [0.4, 0.5) is 0 Å². The molecule has 0 aliphatic rings. The molecular weight excluding hydrogens is 302 g/mol. The maximum absolute atomic E-state index is 5.82. The van der Waals surface area contributed by atoms with Gasteiger partial charge < -0.3 is 4.74 Å². The van der Waals surface area contributed by atoms with Gasteiger partial charge in [0.1, 0.15) is 5.75 Å². The Morgan fingerprint density at radius 2 is 1.84 bits per heavy atom. The number of nitrogens with zero attached hydrogens (tertiary/aromatic N) is 1. The number of hydrogen-bond donors (Lipinski definition) is 0. The monoisotopic (exact) mass is 319 g/mol. The molecule has 0 radical (unpaired) electrons. The minimum absolute atomic E-state index is 0.114. The second-order valence-corrected chi connectivity index (χ2v) is 6.45. The molecule has 0 amide bonds. The second-order valence-electron chi connectivity index (χ2n) is 5.60. The summed E-state index contributed by atoms with van der Waals surface area (Å²) >= 11 is 3.43. The first kappa shape index (κ1) is 14.1. The Labute approximate surface area is 123 Å². The van der Waals surface area contributed by atoms with E-state index in [1.165, 1.54) is 5.56 Å². The molecule has 1 aromatic heterocycles. The lowest BCUT2D eigenvalue weighted by molar-refractivity contribution is 0.458. The second kappa shape index (κ2) is 5.33. The highest BCUT2D eigenvalue weighted by Crippen LogP contribution is 2.28. The van der Waals surface area contributed by atoms with Gasteiger partial charge in [0.15, 0.2) is 0 Å². The molecule has 0 spiro atoms. The molecule has 2 aromatic rings. The predicted molar refractivity (Wildman–Crippen MR) is 81.9 cm³/mol. The van der Waals surface area contributed by atoms with Crippen molar-refractivity contribution in [1.82, 2.24) is 4.98 Å². The molecular formula is C16H18BrNO. The van der Waals surface area contributed by atoms with Gasteiger partial charge in [-0.05, 0) is 52.0 Å². The summed E-state index contributed by atoms with van der Waals surface area (Å²) in [5.41, 5.74) is 2.28. The van der Waals surface area contributed by atoms with Crippen LogP contribution in [0.2, 0.25) is 0 Å². The van der Waals surface area contributed by atoms with Crippen molar-refractivity contribution in [2.45, 2.75) is 33.1 Å². The van der Waals surface area contributed by atoms with E-state index in [1.54, 1.807) is 0 Å². The maximum atomic E-state index is 5.82. The van der Waals surface area contributed by atoms with Gasteiger partial charge in [0.25, 0.3) is 0 Å². The normalized spacial score (nSPS) is 11.4. The van der Waals surface area contributed by atoms with Crippen LogP contribution in [0, 0.1) is 6.92 Å². The fourth-order valence-electron chi connectivity index (χ4n) is 1.72. The quantitative estimate of drug-likeness (QED) is 0.754. The summed E-state index contributed by atoms with van der Waals surface area (Å²) in [6.07, 6.45) is 0. The zero-order chi connectivity index (χ0) is 14.0. The number of hydrogen-bond acceptors (Lipinski definition) is 2. The molecule has 0 aliphatic carbocycles. The summed E-state index contributed by atoms with van der Waals surface area (Å²) in [6.45, 7) is 8.51. The third-order valence-corrected chi connectivity index (χ3v) is 3.76. The first-order valence-electron chi connectivity index (χ1n) is 6.28. The summed E-state index contributed by atoms with van der Waals surface area (Å²) in [7, 11) is 0. The molecule has 0 atom stereocenters. The van der Waals surface area contributed by atoms with Gasteiger partial charge in [0.05, 0.1) is 5.69 Å². The zero-order valence-corrected chi connectivity index (χ0v) is 13.3. The molecule has 0 aliphatic heterocycles. The topological polar surface area (TPSA) is 22.1 Å². The largest absolute Gasteiger partial charge is 0.439 e. The van der Waals surface area contributed by atoms with E-state index in [0.717, 1.165) is 15.9 Å². The van der Waals surface area contributed by atoms with Crippen LogP contribution in [0.15, 0.2) is 40.9 Å². The Kier molecular flexibility index (Phi) is 3.95. The van der Waals surface area contributed by atoms with E-state index in [2.05, 4.69) is 53.8 Å². The van der Waals surface area contributed by atoms with E-state index < -0.39 is 0 Å². The molecule has 0 unspecified atom stereocenters. The molecule has 0 saturated heterocycles. The fraction of sp³-hybridized carbons (Fsp3) is 0.312. The van der Waals surface area contributed by atoms with Gasteiger partial charge in [-0.3, -0.25) is 0 Å². The summed E-state index contributed by atoms with van der Waals surface area (Å²) in [5, 5.41) is 0. The lowest BCUT2D eigenvalue weighted by Gasteiger charge is -2.19. The van der Waals surface area contributed by atoms with Crippen LogP contribution in [-0.2, 0) is 5.41 Å². The number of rotatable bonds is 2. The van der Waals surface area contributed by atoms with E-state index in [0.29, 0.717) is 5.88 Å². The summed E-state index contributed by atoms with van der Waals surface area (Å²) in [5.74, 6) is 1.44. The fourth-order valence-corrected chi connectivity index (χ4v) is 1.95. The summed E-state index contributed by atoms with van der Waals surface area (Å²) in [6, 6.07) is 12.0. The number of ether oxygens (including phenoxy) is 1. The first-order chi connectivity index (χ1) is 8.86. The van der Waals surface area contributed by atoms with E-state index >= 15 is 0 Å². The highest BCUT2D eigenvalue weighted by atomic mass is 79.9. The Hall–Kier alpha value is -1.35. The molecule has 0 bridgehead atoms. The Morgan fingerprint density at radius 1 is 1.11 bits per heavy atom. The number of benzene rings is 1. The van der Waals surface area contributed by atoms with Crippen LogP contribution in [0.5, 0.6) is 11.6 Å². The molecule has 19 heavy (non-hydrogen) atoms. The van der Waals surface area contributed by atoms with Crippen molar-refractivity contribution >= 4 is 15.9 Å². The smallest absolute Gasteiger partial charge is 0.219 e. The van der Waals surface area contributed by atoms with Crippen LogP contribution in [0.3, 0.4) is 0 Å². The maximum Gasteiger partial charge on any atom is 0.219 e. The van der Waals surface area contributed by atoms with Crippen molar-refractivity contribution in [2.75, 3.05) is 0 Å². The third-order valence-electron chi connectivity index (χ3n) is 2.92. The minimum Gasteiger partial charge on any atom is -0.439 e. The molecule has 1 aromatic carbocycles. The van der Waals surface area contributed by atoms with Crippen molar-refractivity contribution in [1.29, 1.82) is 0 Å². The van der Waals surface area contributed by atoms with Crippen molar-refractivity contribution in [3.05, 3.63) is 52.1 Å². The van der Waals surface area contributed by atoms with Gasteiger partial charge in [-0.25, -0.2) is 4.98 Å². The molecule has 2 rings (SSSR count). The van der Waals surface area contributed by atoms with Gasteiger partial charge in [0, 0.05) is 10.5 Å².